The zero-order chi connectivity index (χ0) is 9.14. The molecule has 0 aliphatic heterocycles. The van der Waals surface area contributed by atoms with Crippen LogP contribution in [0.2, 0.25) is 0 Å². The van der Waals surface area contributed by atoms with Crippen molar-refractivity contribution >= 4 is 11.4 Å². The van der Waals surface area contributed by atoms with Gasteiger partial charge in [-0.3, -0.25) is 10.1 Å². The van der Waals surface area contributed by atoms with Gasteiger partial charge in [-0.05, 0) is 18.2 Å². The Labute approximate surface area is 68.1 Å². The Morgan fingerprint density at radius 3 is 2.67 bits per heavy atom. The molecule has 5 heteroatoms. The van der Waals surface area contributed by atoms with Crippen LogP contribution in [-0.4, -0.2) is 4.92 Å². The maximum absolute atomic E-state index is 10.4. The van der Waals surface area contributed by atoms with E-state index in [0.717, 1.165) is 0 Å². The third kappa shape index (κ3) is 1.29. The number of benzene rings is 1. The van der Waals surface area contributed by atoms with Gasteiger partial charge in [-0.25, -0.2) is 0 Å². The van der Waals surface area contributed by atoms with Crippen LogP contribution in [-0.2, 0) is 0 Å². The van der Waals surface area contributed by atoms with Gasteiger partial charge in [0.25, 0.3) is 5.69 Å². The van der Waals surface area contributed by atoms with E-state index in [1.807, 2.05) is 0 Å². The molecule has 0 unspecified atom stereocenters. The molecule has 12 heavy (non-hydrogen) atoms. The van der Waals surface area contributed by atoms with E-state index >= 15 is 0 Å². The number of nitro groups is 1. The Kier molecular flexibility index (Phi) is 2.14. The standard InChI is InChI=1S/C7H6N2O3/c1-5-6(8-10)3-2-4-7(5)9(11)12/h2-4H,1H3. The molecule has 0 N–H and O–H groups in total. The minimum Gasteiger partial charge on any atom is -0.258 e. The van der Waals surface area contributed by atoms with Crippen LogP contribution in [0.15, 0.2) is 23.4 Å². The Morgan fingerprint density at radius 1 is 1.50 bits per heavy atom. The number of nitro benzene ring substituents is 1. The summed E-state index contributed by atoms with van der Waals surface area (Å²) in [5.74, 6) is 0. The number of nitroso groups, excluding NO2 is 1. The summed E-state index contributed by atoms with van der Waals surface area (Å²) in [6, 6.07) is 4.21. The van der Waals surface area contributed by atoms with E-state index in [4.69, 9.17) is 0 Å². The summed E-state index contributed by atoms with van der Waals surface area (Å²) in [6.07, 6.45) is 0. The lowest BCUT2D eigenvalue weighted by atomic mass is 10.2. The van der Waals surface area contributed by atoms with E-state index in [0.29, 0.717) is 5.56 Å². The zero-order valence-corrected chi connectivity index (χ0v) is 6.35. The molecule has 0 aliphatic rings. The zero-order valence-electron chi connectivity index (χ0n) is 6.35. The van der Waals surface area contributed by atoms with Crippen LogP contribution in [0, 0.1) is 21.9 Å². The summed E-state index contributed by atoms with van der Waals surface area (Å²) in [4.78, 5) is 19.9. The Morgan fingerprint density at radius 2 is 2.17 bits per heavy atom. The van der Waals surface area contributed by atoms with E-state index in [2.05, 4.69) is 5.18 Å². The number of hydrogen-bond donors (Lipinski definition) is 0. The molecule has 0 aromatic heterocycles. The molecule has 0 amide bonds. The van der Waals surface area contributed by atoms with Crippen molar-refractivity contribution in [2.75, 3.05) is 0 Å². The highest BCUT2D eigenvalue weighted by atomic mass is 16.6. The Hall–Kier alpha value is -1.78. The van der Waals surface area contributed by atoms with Gasteiger partial charge in [0.1, 0.15) is 5.69 Å². The van der Waals surface area contributed by atoms with Gasteiger partial charge in [0, 0.05) is 6.07 Å². The molecular formula is C7H6N2O3. The van der Waals surface area contributed by atoms with Gasteiger partial charge in [-0.1, -0.05) is 6.07 Å². The third-order valence-corrected chi connectivity index (χ3v) is 1.57. The predicted octanol–water partition coefficient (Wildman–Crippen LogP) is 2.30. The monoisotopic (exact) mass is 166 g/mol. The lowest BCUT2D eigenvalue weighted by Crippen LogP contribution is -1.90. The highest BCUT2D eigenvalue weighted by Crippen LogP contribution is 2.26. The first kappa shape index (κ1) is 8.32. The molecule has 0 saturated heterocycles. The van der Waals surface area contributed by atoms with Gasteiger partial charge in [0.15, 0.2) is 0 Å². The van der Waals surface area contributed by atoms with Gasteiger partial charge >= 0.3 is 0 Å². The van der Waals surface area contributed by atoms with Crippen LogP contribution in [0.3, 0.4) is 0 Å². The van der Waals surface area contributed by atoms with Crippen molar-refractivity contribution in [2.24, 2.45) is 5.18 Å². The first-order chi connectivity index (χ1) is 5.66. The van der Waals surface area contributed by atoms with Gasteiger partial charge < -0.3 is 0 Å². The van der Waals surface area contributed by atoms with E-state index in [-0.39, 0.29) is 11.4 Å². The SMILES string of the molecule is Cc1c(N=O)cccc1[N+](=O)[O-]. The number of rotatable bonds is 2. The molecule has 0 bridgehead atoms. The van der Waals surface area contributed by atoms with Crippen LogP contribution in [0.1, 0.15) is 5.56 Å². The minimum absolute atomic E-state index is 0.0768. The lowest BCUT2D eigenvalue weighted by molar-refractivity contribution is -0.385. The molecule has 0 atom stereocenters. The van der Waals surface area contributed by atoms with Crippen LogP contribution < -0.4 is 0 Å². The summed E-state index contributed by atoms with van der Waals surface area (Å²) in [5.41, 5.74) is 0.341. The quantitative estimate of drug-likeness (QED) is 0.384. The molecular weight excluding hydrogens is 160 g/mol. The van der Waals surface area contributed by atoms with Crippen LogP contribution in [0.4, 0.5) is 11.4 Å². The van der Waals surface area contributed by atoms with Gasteiger partial charge in [-0.15, -0.1) is 4.91 Å². The second kappa shape index (κ2) is 3.08. The van der Waals surface area contributed by atoms with E-state index in [9.17, 15) is 15.0 Å². The second-order valence-electron chi connectivity index (χ2n) is 2.27. The van der Waals surface area contributed by atoms with Gasteiger partial charge in [-0.2, -0.15) is 0 Å². The van der Waals surface area contributed by atoms with Crippen molar-refractivity contribution in [3.8, 4) is 0 Å². The summed E-state index contributed by atoms with van der Waals surface area (Å²) < 4.78 is 0. The fraction of sp³-hybridized carbons (Fsp3) is 0.143. The topological polar surface area (TPSA) is 72.6 Å². The highest BCUT2D eigenvalue weighted by molar-refractivity contribution is 5.55. The Bertz CT molecular complexity index is 335. The normalized spacial score (nSPS) is 9.42. The molecule has 62 valence electrons. The van der Waals surface area contributed by atoms with E-state index < -0.39 is 4.92 Å². The van der Waals surface area contributed by atoms with Gasteiger partial charge in [0.2, 0.25) is 0 Å². The maximum Gasteiger partial charge on any atom is 0.274 e. The summed E-state index contributed by atoms with van der Waals surface area (Å²) in [7, 11) is 0. The second-order valence-corrected chi connectivity index (χ2v) is 2.27. The van der Waals surface area contributed by atoms with E-state index in [1.165, 1.54) is 25.1 Å². The van der Waals surface area contributed by atoms with Crippen molar-refractivity contribution in [2.45, 2.75) is 6.92 Å². The van der Waals surface area contributed by atoms with E-state index in [1.54, 1.807) is 0 Å². The van der Waals surface area contributed by atoms with Crippen LogP contribution >= 0.6 is 0 Å². The van der Waals surface area contributed by atoms with Crippen molar-refractivity contribution < 1.29 is 4.92 Å². The third-order valence-electron chi connectivity index (χ3n) is 1.57. The Balaban J connectivity index is 3.32. The minimum atomic E-state index is -0.538. The first-order valence-corrected chi connectivity index (χ1v) is 3.24. The number of hydrogen-bond acceptors (Lipinski definition) is 4. The summed E-state index contributed by atoms with van der Waals surface area (Å²) in [6.45, 7) is 1.49. The number of nitrogens with zero attached hydrogens (tertiary/aromatic N) is 2. The average Bonchev–Trinajstić information content (AvgIpc) is 2.04. The van der Waals surface area contributed by atoms with Crippen molar-refractivity contribution in [3.63, 3.8) is 0 Å². The lowest BCUT2D eigenvalue weighted by Gasteiger charge is -1.96. The molecule has 1 rings (SSSR count). The fourth-order valence-electron chi connectivity index (χ4n) is 0.908. The molecule has 5 nitrogen and oxygen atoms in total. The molecule has 0 heterocycles. The van der Waals surface area contributed by atoms with Crippen molar-refractivity contribution in [1.29, 1.82) is 0 Å². The molecule has 0 spiro atoms. The molecule has 0 radical (unpaired) electrons. The van der Waals surface area contributed by atoms with Gasteiger partial charge in [0.05, 0.1) is 10.5 Å². The average molecular weight is 166 g/mol. The highest BCUT2D eigenvalue weighted by Gasteiger charge is 2.12. The van der Waals surface area contributed by atoms with Crippen LogP contribution in [0.5, 0.6) is 0 Å². The molecule has 1 aromatic carbocycles. The first-order valence-electron chi connectivity index (χ1n) is 3.24. The van der Waals surface area contributed by atoms with Crippen molar-refractivity contribution in [1.82, 2.24) is 0 Å². The maximum atomic E-state index is 10.4. The smallest absolute Gasteiger partial charge is 0.258 e. The molecule has 0 aliphatic carbocycles. The largest absolute Gasteiger partial charge is 0.274 e. The van der Waals surface area contributed by atoms with Crippen molar-refractivity contribution in [3.05, 3.63) is 38.8 Å². The summed E-state index contributed by atoms with van der Waals surface area (Å²) in [5, 5.41) is 13.0. The fourth-order valence-corrected chi connectivity index (χ4v) is 0.908. The molecule has 0 fully saturated rings. The molecule has 1 aromatic rings. The molecule has 0 saturated carbocycles. The van der Waals surface area contributed by atoms with Crippen LogP contribution in [0.25, 0.3) is 0 Å². The predicted molar refractivity (Wildman–Crippen MR) is 43.3 cm³/mol. The summed E-state index contributed by atoms with van der Waals surface area (Å²) >= 11 is 0.